The predicted octanol–water partition coefficient (Wildman–Crippen LogP) is 1.94. The van der Waals surface area contributed by atoms with Crippen molar-refractivity contribution in [2.75, 3.05) is 37.4 Å². The molecule has 5 heteroatoms. The van der Waals surface area contributed by atoms with Crippen LogP contribution in [0.4, 0.5) is 11.4 Å². The summed E-state index contributed by atoms with van der Waals surface area (Å²) in [6.45, 7) is 3.89. The Morgan fingerprint density at radius 3 is 2.95 bits per heavy atom. The summed E-state index contributed by atoms with van der Waals surface area (Å²) >= 11 is 0. The molecule has 0 atom stereocenters. The molecule has 0 aliphatic carbocycles. The SMILES string of the molecule is Cc1cc(NCCCOCCO)c2cc(N)ccc2n1. The maximum absolute atomic E-state index is 8.62. The quantitative estimate of drug-likeness (QED) is 0.531. The average Bonchev–Trinajstić information content (AvgIpc) is 2.43. The number of aryl methyl sites for hydroxylation is 1. The van der Waals surface area contributed by atoms with Crippen LogP contribution in [0, 0.1) is 6.92 Å². The number of aromatic nitrogens is 1. The monoisotopic (exact) mass is 275 g/mol. The topological polar surface area (TPSA) is 80.4 Å². The summed E-state index contributed by atoms with van der Waals surface area (Å²) in [5.74, 6) is 0. The number of ether oxygens (including phenoxy) is 1. The van der Waals surface area contributed by atoms with Gasteiger partial charge in [0.05, 0.1) is 18.7 Å². The highest BCUT2D eigenvalue weighted by atomic mass is 16.5. The number of nitrogens with zero attached hydrogens (tertiary/aromatic N) is 1. The summed E-state index contributed by atoms with van der Waals surface area (Å²) in [4.78, 5) is 4.50. The molecule has 0 fully saturated rings. The van der Waals surface area contributed by atoms with Gasteiger partial charge in [-0.25, -0.2) is 0 Å². The number of benzene rings is 1. The summed E-state index contributed by atoms with van der Waals surface area (Å²) in [6, 6.07) is 7.76. The first-order valence-corrected chi connectivity index (χ1v) is 6.80. The van der Waals surface area contributed by atoms with Crippen molar-refractivity contribution >= 4 is 22.3 Å². The van der Waals surface area contributed by atoms with Gasteiger partial charge in [-0.3, -0.25) is 4.98 Å². The first-order chi connectivity index (χ1) is 9.70. The first kappa shape index (κ1) is 14.6. The second kappa shape index (κ2) is 7.07. The predicted molar refractivity (Wildman–Crippen MR) is 81.9 cm³/mol. The molecule has 0 saturated heterocycles. The molecule has 20 heavy (non-hydrogen) atoms. The van der Waals surface area contributed by atoms with Gasteiger partial charge in [-0.1, -0.05) is 0 Å². The van der Waals surface area contributed by atoms with Gasteiger partial charge in [-0.2, -0.15) is 0 Å². The van der Waals surface area contributed by atoms with Gasteiger partial charge < -0.3 is 20.9 Å². The molecular weight excluding hydrogens is 254 g/mol. The molecule has 5 nitrogen and oxygen atoms in total. The van der Waals surface area contributed by atoms with Crippen molar-refractivity contribution in [3.63, 3.8) is 0 Å². The lowest BCUT2D eigenvalue weighted by molar-refractivity contribution is 0.0922. The third-order valence-corrected chi connectivity index (χ3v) is 2.98. The summed E-state index contributed by atoms with van der Waals surface area (Å²) in [5, 5.41) is 13.0. The van der Waals surface area contributed by atoms with Crippen LogP contribution in [0.3, 0.4) is 0 Å². The molecule has 1 heterocycles. The molecule has 2 aromatic rings. The fourth-order valence-corrected chi connectivity index (χ4v) is 2.09. The minimum absolute atomic E-state index is 0.0703. The lowest BCUT2D eigenvalue weighted by Gasteiger charge is -2.11. The van der Waals surface area contributed by atoms with Gasteiger partial charge >= 0.3 is 0 Å². The standard InChI is InChI=1S/C15H21N3O2/c1-11-9-15(17-5-2-7-20-8-6-19)13-10-12(16)3-4-14(13)18-11/h3-4,9-10,19H,2,5-8,16H2,1H3,(H,17,18). The molecule has 1 aromatic carbocycles. The van der Waals surface area contributed by atoms with Crippen LogP contribution in [-0.4, -0.2) is 36.5 Å². The van der Waals surface area contributed by atoms with E-state index >= 15 is 0 Å². The molecule has 4 N–H and O–H groups in total. The van der Waals surface area contributed by atoms with Crippen LogP contribution in [0.15, 0.2) is 24.3 Å². The molecule has 0 unspecified atom stereocenters. The van der Waals surface area contributed by atoms with E-state index in [2.05, 4.69) is 10.3 Å². The van der Waals surface area contributed by atoms with E-state index in [1.54, 1.807) is 0 Å². The van der Waals surface area contributed by atoms with E-state index in [9.17, 15) is 0 Å². The van der Waals surface area contributed by atoms with Crippen LogP contribution in [-0.2, 0) is 4.74 Å². The van der Waals surface area contributed by atoms with E-state index in [-0.39, 0.29) is 6.61 Å². The van der Waals surface area contributed by atoms with Crippen molar-refractivity contribution in [2.45, 2.75) is 13.3 Å². The minimum atomic E-state index is 0.0703. The second-order valence-electron chi connectivity index (χ2n) is 4.70. The van der Waals surface area contributed by atoms with Crippen LogP contribution in [0.2, 0.25) is 0 Å². The Balaban J connectivity index is 2.03. The summed E-state index contributed by atoms with van der Waals surface area (Å²) in [6.07, 6.45) is 0.880. The number of aliphatic hydroxyl groups is 1. The smallest absolute Gasteiger partial charge is 0.0727 e. The van der Waals surface area contributed by atoms with Crippen LogP contribution in [0.1, 0.15) is 12.1 Å². The number of nitrogens with one attached hydrogen (secondary N) is 1. The normalized spacial score (nSPS) is 10.9. The highest BCUT2D eigenvalue weighted by molar-refractivity contribution is 5.93. The van der Waals surface area contributed by atoms with Crippen LogP contribution < -0.4 is 11.1 Å². The molecule has 0 bridgehead atoms. The number of hydrogen-bond donors (Lipinski definition) is 3. The maximum Gasteiger partial charge on any atom is 0.0727 e. The Morgan fingerprint density at radius 1 is 1.30 bits per heavy atom. The van der Waals surface area contributed by atoms with Gasteiger partial charge in [0, 0.05) is 35.6 Å². The largest absolute Gasteiger partial charge is 0.399 e. The summed E-state index contributed by atoms with van der Waals surface area (Å²) in [7, 11) is 0. The molecule has 0 saturated carbocycles. The van der Waals surface area contributed by atoms with Gasteiger partial charge in [0.1, 0.15) is 0 Å². The number of fused-ring (bicyclic) bond motifs is 1. The van der Waals surface area contributed by atoms with Gasteiger partial charge in [0.2, 0.25) is 0 Å². The molecular formula is C15H21N3O2. The van der Waals surface area contributed by atoms with Crippen LogP contribution in [0.25, 0.3) is 10.9 Å². The summed E-state index contributed by atoms with van der Waals surface area (Å²) in [5.41, 5.74) is 9.53. The third kappa shape index (κ3) is 3.82. The number of hydrogen-bond acceptors (Lipinski definition) is 5. The number of nitrogen functional groups attached to an aromatic ring is 1. The van der Waals surface area contributed by atoms with Crippen molar-refractivity contribution in [2.24, 2.45) is 0 Å². The Bertz CT molecular complexity index is 572. The van der Waals surface area contributed by atoms with E-state index in [1.165, 1.54) is 0 Å². The van der Waals surface area contributed by atoms with Gasteiger partial charge in [0.15, 0.2) is 0 Å². The fourth-order valence-electron chi connectivity index (χ4n) is 2.09. The molecule has 0 aliphatic rings. The highest BCUT2D eigenvalue weighted by Gasteiger charge is 2.04. The average molecular weight is 275 g/mol. The molecule has 1 aromatic heterocycles. The number of pyridine rings is 1. The molecule has 108 valence electrons. The van der Waals surface area contributed by atoms with Gasteiger partial charge in [-0.05, 0) is 37.6 Å². The third-order valence-electron chi connectivity index (χ3n) is 2.98. The number of anilines is 2. The van der Waals surface area contributed by atoms with E-state index < -0.39 is 0 Å². The highest BCUT2D eigenvalue weighted by Crippen LogP contribution is 2.25. The number of rotatable bonds is 7. The Morgan fingerprint density at radius 2 is 2.15 bits per heavy atom. The van der Waals surface area contributed by atoms with Crippen LogP contribution >= 0.6 is 0 Å². The molecule has 0 spiro atoms. The zero-order valence-corrected chi connectivity index (χ0v) is 11.7. The van der Waals surface area contributed by atoms with E-state index in [0.29, 0.717) is 13.2 Å². The minimum Gasteiger partial charge on any atom is -0.399 e. The van der Waals surface area contributed by atoms with Gasteiger partial charge in [0.25, 0.3) is 0 Å². The van der Waals surface area contributed by atoms with E-state index in [4.69, 9.17) is 15.6 Å². The summed E-state index contributed by atoms with van der Waals surface area (Å²) < 4.78 is 5.23. The first-order valence-electron chi connectivity index (χ1n) is 6.80. The molecule has 0 radical (unpaired) electrons. The molecule has 0 aliphatic heterocycles. The van der Waals surface area contributed by atoms with E-state index in [0.717, 1.165) is 40.9 Å². The maximum atomic E-state index is 8.62. The Kier molecular flexibility index (Phi) is 5.15. The second-order valence-corrected chi connectivity index (χ2v) is 4.70. The van der Waals surface area contributed by atoms with Crippen LogP contribution in [0.5, 0.6) is 0 Å². The lowest BCUT2D eigenvalue weighted by atomic mass is 10.1. The lowest BCUT2D eigenvalue weighted by Crippen LogP contribution is -2.08. The Hall–Kier alpha value is -1.85. The molecule has 2 rings (SSSR count). The van der Waals surface area contributed by atoms with Crippen molar-refractivity contribution in [1.82, 2.24) is 4.98 Å². The van der Waals surface area contributed by atoms with Crippen molar-refractivity contribution < 1.29 is 9.84 Å². The van der Waals surface area contributed by atoms with Crippen molar-refractivity contribution in [3.05, 3.63) is 30.0 Å². The van der Waals surface area contributed by atoms with E-state index in [1.807, 2.05) is 31.2 Å². The van der Waals surface area contributed by atoms with Crippen molar-refractivity contribution in [3.8, 4) is 0 Å². The van der Waals surface area contributed by atoms with Gasteiger partial charge in [-0.15, -0.1) is 0 Å². The molecule has 0 amide bonds. The number of nitrogens with two attached hydrogens (primary N) is 1. The number of aliphatic hydroxyl groups excluding tert-OH is 1. The van der Waals surface area contributed by atoms with Crippen molar-refractivity contribution in [1.29, 1.82) is 0 Å². The zero-order valence-electron chi connectivity index (χ0n) is 11.7. The zero-order chi connectivity index (χ0) is 14.4. The fraction of sp³-hybridized carbons (Fsp3) is 0.400. The Labute approximate surface area is 118 Å².